The molecule has 1 aliphatic heterocycles. The minimum absolute atomic E-state index is 0.00943. The Morgan fingerprint density at radius 2 is 1.96 bits per heavy atom. The van der Waals surface area contributed by atoms with Crippen LogP contribution in [0.15, 0.2) is 42.6 Å². The van der Waals surface area contributed by atoms with E-state index in [2.05, 4.69) is 9.97 Å². The zero-order valence-electron chi connectivity index (χ0n) is 13.7. The Morgan fingerprint density at radius 1 is 1.21 bits per heavy atom. The van der Waals surface area contributed by atoms with Crippen LogP contribution in [0.25, 0.3) is 0 Å². The number of benzene rings is 1. The molecular formula is C18H21N3O3. The topological polar surface area (TPSA) is 64.5 Å². The molecule has 1 fully saturated rings. The number of hydrogen-bond acceptors (Lipinski definition) is 5. The summed E-state index contributed by atoms with van der Waals surface area (Å²) in [7, 11) is 0. The van der Waals surface area contributed by atoms with Crippen LogP contribution in [0.5, 0.6) is 11.6 Å². The van der Waals surface area contributed by atoms with Crippen molar-refractivity contribution in [3.05, 3.63) is 48.4 Å². The Morgan fingerprint density at radius 3 is 2.67 bits per heavy atom. The molecule has 0 radical (unpaired) electrons. The number of nitrogens with zero attached hydrogens (tertiary/aromatic N) is 3. The number of amides is 1. The molecule has 1 aromatic carbocycles. The van der Waals surface area contributed by atoms with Gasteiger partial charge in [-0.05, 0) is 19.1 Å². The van der Waals surface area contributed by atoms with Crippen molar-refractivity contribution in [1.29, 1.82) is 0 Å². The predicted octanol–water partition coefficient (Wildman–Crippen LogP) is 2.23. The van der Waals surface area contributed by atoms with Crippen molar-refractivity contribution in [2.24, 2.45) is 0 Å². The van der Waals surface area contributed by atoms with Gasteiger partial charge in [-0.1, -0.05) is 18.2 Å². The second-order valence-corrected chi connectivity index (χ2v) is 5.74. The maximum Gasteiger partial charge on any atom is 0.260 e. The highest BCUT2D eigenvalue weighted by Gasteiger charge is 2.24. The van der Waals surface area contributed by atoms with Gasteiger partial charge in [0.05, 0.1) is 0 Å². The van der Waals surface area contributed by atoms with Crippen LogP contribution in [0, 0.1) is 6.92 Å². The van der Waals surface area contributed by atoms with Crippen molar-refractivity contribution in [2.45, 2.75) is 25.9 Å². The van der Waals surface area contributed by atoms with Gasteiger partial charge in [0.1, 0.15) is 17.7 Å². The van der Waals surface area contributed by atoms with Gasteiger partial charge in [-0.15, -0.1) is 0 Å². The second kappa shape index (κ2) is 7.77. The van der Waals surface area contributed by atoms with E-state index in [1.54, 1.807) is 12.3 Å². The fraction of sp³-hybridized carbons (Fsp3) is 0.389. The van der Waals surface area contributed by atoms with E-state index in [0.717, 1.165) is 12.8 Å². The van der Waals surface area contributed by atoms with Crippen LogP contribution in [0.1, 0.15) is 18.7 Å². The number of rotatable bonds is 5. The van der Waals surface area contributed by atoms with Gasteiger partial charge in [0.2, 0.25) is 5.88 Å². The molecule has 2 heterocycles. The minimum atomic E-state index is 0.00943. The Hall–Kier alpha value is -2.63. The first-order valence-corrected chi connectivity index (χ1v) is 8.12. The lowest BCUT2D eigenvalue weighted by Gasteiger charge is -2.31. The van der Waals surface area contributed by atoms with E-state index in [-0.39, 0.29) is 18.6 Å². The third kappa shape index (κ3) is 4.44. The van der Waals surface area contributed by atoms with Crippen molar-refractivity contribution in [3.63, 3.8) is 0 Å². The molecule has 0 aliphatic carbocycles. The summed E-state index contributed by atoms with van der Waals surface area (Å²) in [5.74, 6) is 2.01. The van der Waals surface area contributed by atoms with Crippen LogP contribution in [0.4, 0.5) is 0 Å². The van der Waals surface area contributed by atoms with Crippen molar-refractivity contribution in [3.8, 4) is 11.6 Å². The number of carbonyl (C=O) groups excluding carboxylic acids is 1. The van der Waals surface area contributed by atoms with Crippen molar-refractivity contribution >= 4 is 5.91 Å². The average molecular weight is 327 g/mol. The van der Waals surface area contributed by atoms with Crippen LogP contribution >= 0.6 is 0 Å². The lowest BCUT2D eigenvalue weighted by atomic mass is 10.1. The molecule has 1 amide bonds. The summed E-state index contributed by atoms with van der Waals surface area (Å²) in [6.45, 7) is 3.25. The molecule has 6 nitrogen and oxygen atoms in total. The Kier molecular flexibility index (Phi) is 5.25. The summed E-state index contributed by atoms with van der Waals surface area (Å²) in [4.78, 5) is 22.4. The maximum atomic E-state index is 12.2. The van der Waals surface area contributed by atoms with Gasteiger partial charge in [-0.3, -0.25) is 4.79 Å². The van der Waals surface area contributed by atoms with E-state index in [1.807, 2.05) is 42.2 Å². The van der Waals surface area contributed by atoms with Crippen LogP contribution in [0.3, 0.4) is 0 Å². The highest BCUT2D eigenvalue weighted by Crippen LogP contribution is 2.17. The Balaban J connectivity index is 1.43. The van der Waals surface area contributed by atoms with Crippen molar-refractivity contribution < 1.29 is 14.3 Å². The first-order valence-electron chi connectivity index (χ1n) is 8.12. The van der Waals surface area contributed by atoms with Crippen molar-refractivity contribution in [1.82, 2.24) is 14.9 Å². The smallest absolute Gasteiger partial charge is 0.260 e. The summed E-state index contributed by atoms with van der Waals surface area (Å²) in [6.07, 6.45) is 3.36. The van der Waals surface area contributed by atoms with E-state index in [1.165, 1.54) is 0 Å². The summed E-state index contributed by atoms with van der Waals surface area (Å²) in [5.41, 5.74) is 0. The van der Waals surface area contributed by atoms with Crippen LogP contribution < -0.4 is 9.47 Å². The predicted molar refractivity (Wildman–Crippen MR) is 88.9 cm³/mol. The molecule has 1 aliphatic rings. The van der Waals surface area contributed by atoms with Crippen molar-refractivity contribution in [2.75, 3.05) is 19.7 Å². The summed E-state index contributed by atoms with van der Waals surface area (Å²) >= 11 is 0. The molecule has 2 aromatic rings. The lowest BCUT2D eigenvalue weighted by molar-refractivity contribution is -0.135. The number of hydrogen-bond donors (Lipinski definition) is 0. The molecule has 0 spiro atoms. The van der Waals surface area contributed by atoms with Gasteiger partial charge in [-0.2, -0.15) is 4.98 Å². The molecule has 24 heavy (non-hydrogen) atoms. The van der Waals surface area contributed by atoms with Gasteiger partial charge >= 0.3 is 0 Å². The molecule has 0 saturated carbocycles. The van der Waals surface area contributed by atoms with Gasteiger partial charge in [0.25, 0.3) is 5.91 Å². The molecule has 6 heteroatoms. The van der Waals surface area contributed by atoms with E-state index >= 15 is 0 Å². The summed E-state index contributed by atoms with van der Waals surface area (Å²) in [6, 6.07) is 11.1. The molecule has 0 atom stereocenters. The van der Waals surface area contributed by atoms with E-state index < -0.39 is 0 Å². The molecule has 0 bridgehead atoms. The van der Waals surface area contributed by atoms with E-state index in [0.29, 0.717) is 30.5 Å². The average Bonchev–Trinajstić information content (AvgIpc) is 2.61. The van der Waals surface area contributed by atoms with E-state index in [9.17, 15) is 4.79 Å². The summed E-state index contributed by atoms with van der Waals surface area (Å²) in [5, 5.41) is 0. The van der Waals surface area contributed by atoms with E-state index in [4.69, 9.17) is 9.47 Å². The van der Waals surface area contributed by atoms with Gasteiger partial charge in [-0.25, -0.2) is 4.98 Å². The molecule has 126 valence electrons. The zero-order chi connectivity index (χ0) is 16.8. The van der Waals surface area contributed by atoms with Crippen LogP contribution in [0.2, 0.25) is 0 Å². The highest BCUT2D eigenvalue weighted by molar-refractivity contribution is 5.77. The molecular weight excluding hydrogens is 306 g/mol. The van der Waals surface area contributed by atoms with Crippen LogP contribution in [-0.2, 0) is 4.79 Å². The zero-order valence-corrected chi connectivity index (χ0v) is 13.7. The largest absolute Gasteiger partial charge is 0.484 e. The first kappa shape index (κ1) is 16.2. The third-order valence-corrected chi connectivity index (χ3v) is 3.94. The number of aromatic nitrogens is 2. The number of likely N-dealkylation sites (tertiary alicyclic amines) is 1. The van der Waals surface area contributed by atoms with Gasteiger partial charge < -0.3 is 14.4 Å². The molecule has 0 unspecified atom stereocenters. The normalized spacial score (nSPS) is 15.1. The standard InChI is InChI=1S/C18H21N3O3/c1-14-19-10-7-17(20-14)24-16-8-11-21(12-9-16)18(22)13-23-15-5-3-2-4-6-15/h2-7,10,16H,8-9,11-13H2,1H3. The molecule has 3 rings (SSSR count). The Bertz CT molecular complexity index is 670. The minimum Gasteiger partial charge on any atom is -0.484 e. The van der Waals surface area contributed by atoms with Gasteiger partial charge in [0, 0.05) is 38.2 Å². The monoisotopic (exact) mass is 327 g/mol. The fourth-order valence-electron chi connectivity index (χ4n) is 2.65. The third-order valence-electron chi connectivity index (χ3n) is 3.94. The quantitative estimate of drug-likeness (QED) is 0.842. The highest BCUT2D eigenvalue weighted by atomic mass is 16.5. The molecule has 0 N–H and O–H groups in total. The number of aryl methyl sites for hydroxylation is 1. The maximum absolute atomic E-state index is 12.2. The Labute approximate surface area is 141 Å². The molecule has 1 aromatic heterocycles. The number of carbonyl (C=O) groups is 1. The second-order valence-electron chi connectivity index (χ2n) is 5.74. The molecule has 1 saturated heterocycles. The number of ether oxygens (including phenoxy) is 2. The SMILES string of the molecule is Cc1nccc(OC2CCN(C(=O)COc3ccccc3)CC2)n1. The van der Waals surface area contributed by atoms with Gasteiger partial charge in [0.15, 0.2) is 6.61 Å². The number of piperidine rings is 1. The fourth-order valence-corrected chi connectivity index (χ4v) is 2.65. The first-order chi connectivity index (χ1) is 11.7. The van der Waals surface area contributed by atoms with Crippen LogP contribution in [-0.4, -0.2) is 46.6 Å². The number of para-hydroxylation sites is 1. The lowest BCUT2D eigenvalue weighted by Crippen LogP contribution is -2.43. The summed E-state index contributed by atoms with van der Waals surface area (Å²) < 4.78 is 11.4.